The van der Waals surface area contributed by atoms with Crippen LogP contribution in [0.4, 0.5) is 0 Å². The van der Waals surface area contributed by atoms with E-state index < -0.39 is 0 Å². The molecule has 1 aliphatic heterocycles. The lowest BCUT2D eigenvalue weighted by Gasteiger charge is -2.37. The molecule has 0 bridgehead atoms. The molecule has 2 aromatic rings. The number of rotatable bonds is 7. The van der Waals surface area contributed by atoms with Gasteiger partial charge in [0.05, 0.1) is 12.1 Å². The fourth-order valence-corrected chi connectivity index (χ4v) is 3.32. The fraction of sp³-hybridized carbons (Fsp3) is 0.579. The third-order valence-corrected chi connectivity index (χ3v) is 4.90. The summed E-state index contributed by atoms with van der Waals surface area (Å²) in [7, 11) is 0. The second-order valence-electron chi connectivity index (χ2n) is 6.76. The minimum absolute atomic E-state index is 0.143. The number of nitrogens with zero attached hydrogens (tertiary/aromatic N) is 4. The van der Waals surface area contributed by atoms with Gasteiger partial charge in [0.2, 0.25) is 5.89 Å². The Bertz CT molecular complexity index is 638. The summed E-state index contributed by atoms with van der Waals surface area (Å²) >= 11 is 0. The van der Waals surface area contributed by atoms with Crippen molar-refractivity contribution in [2.75, 3.05) is 32.7 Å². The maximum Gasteiger partial charge on any atom is 0.243 e. The Morgan fingerprint density at radius 3 is 2.52 bits per heavy atom. The highest BCUT2D eigenvalue weighted by Gasteiger charge is 2.26. The Balaban J connectivity index is 1.45. The van der Waals surface area contributed by atoms with Crippen molar-refractivity contribution in [2.24, 2.45) is 0 Å². The Hall–Kier alpha value is -1.76. The van der Waals surface area contributed by atoms with Crippen LogP contribution in [0.5, 0.6) is 0 Å². The summed E-state index contributed by atoms with van der Waals surface area (Å²) in [5.41, 5.74) is 1.19. The molecule has 0 saturated carbocycles. The summed E-state index contributed by atoms with van der Waals surface area (Å²) in [6.45, 7) is 8.66. The zero-order valence-electron chi connectivity index (χ0n) is 15.1. The molecule has 3 rings (SSSR count). The molecule has 0 unspecified atom stereocenters. The lowest BCUT2D eigenvalue weighted by atomic mass is 10.1. The van der Waals surface area contributed by atoms with Crippen LogP contribution in [0.25, 0.3) is 0 Å². The van der Waals surface area contributed by atoms with Crippen molar-refractivity contribution >= 4 is 0 Å². The first-order valence-electron chi connectivity index (χ1n) is 9.16. The molecule has 0 aliphatic carbocycles. The second-order valence-corrected chi connectivity index (χ2v) is 6.76. The molecule has 2 atom stereocenters. The van der Waals surface area contributed by atoms with Gasteiger partial charge in [0.25, 0.3) is 0 Å². The topological polar surface area (TPSA) is 65.6 Å². The monoisotopic (exact) mass is 344 g/mol. The highest BCUT2D eigenvalue weighted by Crippen LogP contribution is 2.20. The SMILES string of the molecule is CCc1noc([C@@H](C)N2CCN(C[C@H](O)Cc3ccccc3)CC2)n1. The van der Waals surface area contributed by atoms with E-state index in [1.807, 2.05) is 25.1 Å². The summed E-state index contributed by atoms with van der Waals surface area (Å²) in [6, 6.07) is 10.3. The number of benzene rings is 1. The van der Waals surface area contributed by atoms with E-state index in [1.54, 1.807) is 0 Å². The molecule has 0 amide bonds. The molecule has 1 aromatic carbocycles. The Kier molecular flexibility index (Phi) is 6.18. The van der Waals surface area contributed by atoms with Crippen LogP contribution < -0.4 is 0 Å². The van der Waals surface area contributed by atoms with Gasteiger partial charge in [-0.1, -0.05) is 42.4 Å². The summed E-state index contributed by atoms with van der Waals surface area (Å²) < 4.78 is 5.37. The van der Waals surface area contributed by atoms with E-state index in [0.717, 1.165) is 45.0 Å². The average Bonchev–Trinajstić information content (AvgIpc) is 3.12. The lowest BCUT2D eigenvalue weighted by Crippen LogP contribution is -2.49. The van der Waals surface area contributed by atoms with Crippen molar-refractivity contribution in [1.29, 1.82) is 0 Å². The third kappa shape index (κ3) is 4.87. The van der Waals surface area contributed by atoms with Crippen LogP contribution in [0.3, 0.4) is 0 Å². The summed E-state index contributed by atoms with van der Waals surface area (Å²) in [5.74, 6) is 1.47. The van der Waals surface area contributed by atoms with Gasteiger partial charge >= 0.3 is 0 Å². The van der Waals surface area contributed by atoms with Gasteiger partial charge in [-0.25, -0.2) is 0 Å². The minimum atomic E-state index is -0.325. The molecule has 2 heterocycles. The maximum absolute atomic E-state index is 10.3. The van der Waals surface area contributed by atoms with Crippen LogP contribution in [0.15, 0.2) is 34.9 Å². The van der Waals surface area contributed by atoms with Crippen molar-refractivity contribution in [3.63, 3.8) is 0 Å². The first-order chi connectivity index (χ1) is 12.2. The van der Waals surface area contributed by atoms with E-state index in [9.17, 15) is 5.11 Å². The van der Waals surface area contributed by atoms with Crippen molar-refractivity contribution in [2.45, 2.75) is 38.8 Å². The van der Waals surface area contributed by atoms with E-state index >= 15 is 0 Å². The van der Waals surface area contributed by atoms with Gasteiger partial charge in [-0.3, -0.25) is 9.80 Å². The van der Waals surface area contributed by atoms with Crippen LogP contribution >= 0.6 is 0 Å². The first kappa shape index (κ1) is 18.0. The van der Waals surface area contributed by atoms with Crippen LogP contribution in [0.2, 0.25) is 0 Å². The number of aliphatic hydroxyl groups excluding tert-OH is 1. The fourth-order valence-electron chi connectivity index (χ4n) is 3.32. The Morgan fingerprint density at radius 1 is 1.16 bits per heavy atom. The molecule has 1 aliphatic rings. The molecule has 1 N–H and O–H groups in total. The number of aliphatic hydroxyl groups is 1. The third-order valence-electron chi connectivity index (χ3n) is 4.90. The van der Waals surface area contributed by atoms with Gasteiger partial charge in [-0.2, -0.15) is 4.98 Å². The molecular weight excluding hydrogens is 316 g/mol. The van der Waals surface area contributed by atoms with E-state index in [-0.39, 0.29) is 12.1 Å². The highest BCUT2D eigenvalue weighted by atomic mass is 16.5. The van der Waals surface area contributed by atoms with Crippen molar-refractivity contribution in [3.05, 3.63) is 47.6 Å². The highest BCUT2D eigenvalue weighted by molar-refractivity contribution is 5.15. The predicted octanol–water partition coefficient (Wildman–Crippen LogP) is 1.91. The van der Waals surface area contributed by atoms with E-state index in [1.165, 1.54) is 5.56 Å². The van der Waals surface area contributed by atoms with E-state index in [2.05, 4.69) is 39.0 Å². The number of aryl methyl sites for hydroxylation is 1. The molecule has 1 fully saturated rings. The number of β-amino-alcohol motifs (C(OH)–C–C–N with tert-alkyl or cyclic N) is 1. The van der Waals surface area contributed by atoms with Crippen molar-refractivity contribution in [3.8, 4) is 0 Å². The number of piperazine rings is 1. The van der Waals surface area contributed by atoms with Gasteiger partial charge in [-0.05, 0) is 18.9 Å². The molecule has 1 aromatic heterocycles. The Labute approximate surface area is 149 Å². The van der Waals surface area contributed by atoms with Gasteiger partial charge in [-0.15, -0.1) is 0 Å². The number of aromatic nitrogens is 2. The summed E-state index contributed by atoms with van der Waals surface area (Å²) in [6.07, 6.45) is 1.18. The predicted molar refractivity (Wildman–Crippen MR) is 96.3 cm³/mol. The maximum atomic E-state index is 10.3. The lowest BCUT2D eigenvalue weighted by molar-refractivity contribution is 0.0529. The van der Waals surface area contributed by atoms with E-state index in [4.69, 9.17) is 4.52 Å². The van der Waals surface area contributed by atoms with Gasteiger partial charge < -0.3 is 9.63 Å². The molecule has 0 radical (unpaired) electrons. The van der Waals surface area contributed by atoms with E-state index in [0.29, 0.717) is 12.3 Å². The number of hydrogen-bond acceptors (Lipinski definition) is 6. The largest absolute Gasteiger partial charge is 0.391 e. The smallest absolute Gasteiger partial charge is 0.243 e. The van der Waals surface area contributed by atoms with Crippen LogP contribution in [0, 0.1) is 0 Å². The molecular formula is C19H28N4O2. The normalized spacial score (nSPS) is 19.0. The van der Waals surface area contributed by atoms with Gasteiger partial charge in [0, 0.05) is 39.1 Å². The summed E-state index contributed by atoms with van der Waals surface area (Å²) in [5, 5.41) is 14.3. The summed E-state index contributed by atoms with van der Waals surface area (Å²) in [4.78, 5) is 9.15. The molecule has 1 saturated heterocycles. The molecule has 6 nitrogen and oxygen atoms in total. The van der Waals surface area contributed by atoms with Crippen molar-refractivity contribution in [1.82, 2.24) is 19.9 Å². The van der Waals surface area contributed by atoms with Crippen LogP contribution in [-0.4, -0.2) is 63.9 Å². The minimum Gasteiger partial charge on any atom is -0.391 e. The average molecular weight is 344 g/mol. The molecule has 136 valence electrons. The molecule has 0 spiro atoms. The standard InChI is InChI=1S/C19H28N4O2/c1-3-18-20-19(25-21-18)15(2)23-11-9-22(10-12-23)14-17(24)13-16-7-5-4-6-8-16/h4-8,15,17,24H,3,9-14H2,1-2H3/t15-,17-/m1/s1. The molecule has 25 heavy (non-hydrogen) atoms. The molecule has 6 heteroatoms. The van der Waals surface area contributed by atoms with Gasteiger partial charge in [0.15, 0.2) is 5.82 Å². The van der Waals surface area contributed by atoms with Gasteiger partial charge in [0.1, 0.15) is 0 Å². The van der Waals surface area contributed by atoms with Crippen molar-refractivity contribution < 1.29 is 9.63 Å². The second kappa shape index (κ2) is 8.56. The number of hydrogen-bond donors (Lipinski definition) is 1. The zero-order chi connectivity index (χ0) is 17.6. The Morgan fingerprint density at radius 2 is 1.88 bits per heavy atom. The van der Waals surface area contributed by atoms with Crippen LogP contribution in [-0.2, 0) is 12.8 Å². The zero-order valence-corrected chi connectivity index (χ0v) is 15.1. The first-order valence-corrected chi connectivity index (χ1v) is 9.16. The van der Waals surface area contributed by atoms with Crippen LogP contribution in [0.1, 0.15) is 37.2 Å². The quantitative estimate of drug-likeness (QED) is 0.828.